The van der Waals surface area contributed by atoms with Crippen molar-refractivity contribution >= 4 is 46.5 Å². The summed E-state index contributed by atoms with van der Waals surface area (Å²) >= 11 is 11.4. The van der Waals surface area contributed by atoms with E-state index in [1.165, 1.54) is 12.1 Å². The van der Waals surface area contributed by atoms with Gasteiger partial charge in [-0.25, -0.2) is 9.78 Å². The monoisotopic (exact) mass is 387 g/mol. The van der Waals surface area contributed by atoms with Crippen molar-refractivity contribution in [1.29, 1.82) is 0 Å². The number of anilines is 1. The first kappa shape index (κ1) is 18.6. The molecule has 1 heterocycles. The molecule has 8 nitrogen and oxygen atoms in total. The van der Waals surface area contributed by atoms with E-state index in [4.69, 9.17) is 27.9 Å². The van der Waals surface area contributed by atoms with Crippen LogP contribution in [0.25, 0.3) is 0 Å². The van der Waals surface area contributed by atoms with Crippen molar-refractivity contribution in [3.05, 3.63) is 62.1 Å². The van der Waals surface area contributed by atoms with Gasteiger partial charge in [0.05, 0.1) is 9.95 Å². The van der Waals surface area contributed by atoms with Crippen LogP contribution in [0.2, 0.25) is 10.2 Å². The third-order valence-electron chi connectivity index (χ3n) is 2.77. The molecular weight excluding hydrogens is 380 g/mol. The SMILES string of the molecule is O=C(COC(=O)c1nc(Cl)ccc1Cl)Nc1ccc(F)c([N+](=O)[O-])c1. The van der Waals surface area contributed by atoms with Gasteiger partial charge in [-0.05, 0) is 24.3 Å². The Kier molecular flexibility index (Phi) is 5.84. The number of nitrogens with one attached hydrogen (secondary N) is 1. The fourth-order valence-corrected chi connectivity index (χ4v) is 2.02. The fraction of sp³-hybridized carbons (Fsp3) is 0.0714. The minimum Gasteiger partial charge on any atom is -0.451 e. The van der Waals surface area contributed by atoms with Gasteiger partial charge in [0, 0.05) is 11.8 Å². The van der Waals surface area contributed by atoms with E-state index in [-0.39, 0.29) is 21.6 Å². The number of hydrogen-bond donors (Lipinski definition) is 1. The zero-order chi connectivity index (χ0) is 18.6. The van der Waals surface area contributed by atoms with Crippen LogP contribution in [-0.2, 0) is 9.53 Å². The lowest BCUT2D eigenvalue weighted by molar-refractivity contribution is -0.387. The highest BCUT2D eigenvalue weighted by atomic mass is 35.5. The largest absolute Gasteiger partial charge is 0.451 e. The van der Waals surface area contributed by atoms with E-state index in [1.54, 1.807) is 0 Å². The van der Waals surface area contributed by atoms with Gasteiger partial charge < -0.3 is 10.1 Å². The molecule has 0 fully saturated rings. The highest BCUT2D eigenvalue weighted by Crippen LogP contribution is 2.21. The van der Waals surface area contributed by atoms with Gasteiger partial charge >= 0.3 is 11.7 Å². The van der Waals surface area contributed by atoms with Gasteiger partial charge in [0.2, 0.25) is 5.82 Å². The van der Waals surface area contributed by atoms with Gasteiger partial charge in [-0.2, -0.15) is 4.39 Å². The molecule has 0 bridgehead atoms. The minimum atomic E-state index is -1.05. The first-order chi connectivity index (χ1) is 11.8. The summed E-state index contributed by atoms with van der Waals surface area (Å²) in [6.45, 7) is -0.714. The van der Waals surface area contributed by atoms with Crippen molar-refractivity contribution < 1.29 is 23.6 Å². The lowest BCUT2D eigenvalue weighted by Crippen LogP contribution is -2.21. The number of ether oxygens (including phenoxy) is 1. The van der Waals surface area contributed by atoms with Crippen LogP contribution in [0.1, 0.15) is 10.5 Å². The molecule has 0 spiro atoms. The van der Waals surface area contributed by atoms with Crippen molar-refractivity contribution in [2.24, 2.45) is 0 Å². The number of nitro groups is 1. The number of carbonyl (C=O) groups excluding carboxylic acids is 2. The number of nitro benzene ring substituents is 1. The number of amides is 1. The van der Waals surface area contributed by atoms with Crippen molar-refractivity contribution in [3.63, 3.8) is 0 Å². The summed E-state index contributed by atoms with van der Waals surface area (Å²) in [5, 5.41) is 12.9. The maximum Gasteiger partial charge on any atom is 0.359 e. The van der Waals surface area contributed by atoms with E-state index in [0.29, 0.717) is 0 Å². The second-order valence-corrected chi connectivity index (χ2v) is 5.31. The van der Waals surface area contributed by atoms with E-state index in [9.17, 15) is 24.1 Å². The summed E-state index contributed by atoms with van der Waals surface area (Å²) in [6.07, 6.45) is 0. The molecule has 1 N–H and O–H groups in total. The molecule has 1 aromatic carbocycles. The number of benzene rings is 1. The molecule has 0 unspecified atom stereocenters. The Morgan fingerprint density at radius 2 is 2.00 bits per heavy atom. The smallest absolute Gasteiger partial charge is 0.359 e. The number of esters is 1. The van der Waals surface area contributed by atoms with Gasteiger partial charge in [0.1, 0.15) is 5.15 Å². The molecule has 1 amide bonds. The molecule has 2 aromatic rings. The maximum atomic E-state index is 13.2. The first-order valence-corrected chi connectivity index (χ1v) is 7.26. The van der Waals surface area contributed by atoms with Crippen LogP contribution in [-0.4, -0.2) is 28.4 Å². The standard InChI is InChI=1S/C14H8Cl2FN3O5/c15-8-2-4-11(16)19-13(8)14(22)25-6-12(21)18-7-1-3-9(17)10(5-7)20(23)24/h1-5H,6H2,(H,18,21). The number of aromatic nitrogens is 1. The zero-order valence-electron chi connectivity index (χ0n) is 12.2. The number of hydrogen-bond acceptors (Lipinski definition) is 6. The number of rotatable bonds is 5. The van der Waals surface area contributed by atoms with Gasteiger partial charge in [-0.3, -0.25) is 14.9 Å². The molecular formula is C14H8Cl2FN3O5. The van der Waals surface area contributed by atoms with E-state index < -0.39 is 34.9 Å². The van der Waals surface area contributed by atoms with Gasteiger partial charge in [0.25, 0.3) is 5.91 Å². The minimum absolute atomic E-state index is 0.0102. The summed E-state index contributed by atoms with van der Waals surface area (Å²) in [4.78, 5) is 36.9. The Morgan fingerprint density at radius 1 is 1.28 bits per heavy atom. The highest BCUT2D eigenvalue weighted by Gasteiger charge is 2.18. The summed E-state index contributed by atoms with van der Waals surface area (Å²) < 4.78 is 18.0. The molecule has 25 heavy (non-hydrogen) atoms. The molecule has 130 valence electrons. The van der Waals surface area contributed by atoms with E-state index in [1.807, 2.05) is 0 Å². The molecule has 0 atom stereocenters. The molecule has 0 saturated heterocycles. The van der Waals surface area contributed by atoms with E-state index in [2.05, 4.69) is 10.3 Å². The summed E-state index contributed by atoms with van der Waals surface area (Å²) in [7, 11) is 0. The van der Waals surface area contributed by atoms with Crippen molar-refractivity contribution in [3.8, 4) is 0 Å². The van der Waals surface area contributed by atoms with E-state index >= 15 is 0 Å². The summed E-state index contributed by atoms with van der Waals surface area (Å²) in [5.74, 6) is -2.82. The van der Waals surface area contributed by atoms with Crippen LogP contribution < -0.4 is 5.32 Å². The summed E-state index contributed by atoms with van der Waals surface area (Å²) in [6, 6.07) is 5.50. The third kappa shape index (κ3) is 4.85. The average molecular weight is 388 g/mol. The van der Waals surface area contributed by atoms with Crippen molar-refractivity contribution in [2.45, 2.75) is 0 Å². The lowest BCUT2D eigenvalue weighted by atomic mass is 10.2. The second-order valence-electron chi connectivity index (χ2n) is 4.51. The Balaban J connectivity index is 1.99. The number of carbonyl (C=O) groups is 2. The van der Waals surface area contributed by atoms with Gasteiger partial charge in [-0.1, -0.05) is 23.2 Å². The van der Waals surface area contributed by atoms with Gasteiger partial charge in [-0.15, -0.1) is 0 Å². The average Bonchev–Trinajstić information content (AvgIpc) is 2.56. The van der Waals surface area contributed by atoms with Crippen LogP contribution in [0.5, 0.6) is 0 Å². The topological polar surface area (TPSA) is 111 Å². The Morgan fingerprint density at radius 3 is 2.68 bits per heavy atom. The second kappa shape index (κ2) is 7.86. The molecule has 0 aliphatic rings. The Labute approximate surface area is 149 Å². The van der Waals surface area contributed by atoms with Gasteiger partial charge in [0.15, 0.2) is 12.3 Å². The third-order valence-corrected chi connectivity index (χ3v) is 3.28. The van der Waals surface area contributed by atoms with Crippen LogP contribution in [0.15, 0.2) is 30.3 Å². The van der Waals surface area contributed by atoms with Crippen LogP contribution in [0.4, 0.5) is 15.8 Å². The maximum absolute atomic E-state index is 13.2. The van der Waals surface area contributed by atoms with E-state index in [0.717, 1.165) is 18.2 Å². The van der Waals surface area contributed by atoms with Crippen LogP contribution in [0.3, 0.4) is 0 Å². The zero-order valence-corrected chi connectivity index (χ0v) is 13.7. The predicted octanol–water partition coefficient (Wildman–Crippen LogP) is 3.23. The Bertz CT molecular complexity index is 862. The molecule has 11 heteroatoms. The number of pyridine rings is 1. The van der Waals surface area contributed by atoms with Crippen LogP contribution in [0, 0.1) is 15.9 Å². The molecule has 1 aromatic heterocycles. The van der Waals surface area contributed by atoms with Crippen LogP contribution >= 0.6 is 23.2 Å². The normalized spacial score (nSPS) is 10.2. The van der Waals surface area contributed by atoms with Crippen molar-refractivity contribution in [2.75, 3.05) is 11.9 Å². The fourth-order valence-electron chi connectivity index (χ4n) is 1.69. The Hall–Kier alpha value is -2.78. The highest BCUT2D eigenvalue weighted by molar-refractivity contribution is 6.34. The molecule has 0 aliphatic heterocycles. The van der Waals surface area contributed by atoms with Crippen molar-refractivity contribution in [1.82, 2.24) is 4.98 Å². The lowest BCUT2D eigenvalue weighted by Gasteiger charge is -2.07. The first-order valence-electron chi connectivity index (χ1n) is 6.51. The predicted molar refractivity (Wildman–Crippen MR) is 86.2 cm³/mol. The quantitative estimate of drug-likeness (QED) is 0.364. The molecule has 2 rings (SSSR count). The number of halogens is 3. The summed E-state index contributed by atoms with van der Waals surface area (Å²) in [5.41, 5.74) is -1.10. The molecule has 0 aliphatic carbocycles. The molecule has 0 saturated carbocycles. The number of nitrogens with zero attached hydrogens (tertiary/aromatic N) is 2. The molecule has 0 radical (unpaired) electrons.